The summed E-state index contributed by atoms with van der Waals surface area (Å²) >= 11 is 0. The number of nitrogens with zero attached hydrogens (tertiary/aromatic N) is 2. The van der Waals surface area contributed by atoms with Crippen LogP contribution in [0.4, 0.5) is 14.5 Å². The van der Waals surface area contributed by atoms with Gasteiger partial charge in [-0.25, -0.2) is 0 Å². The number of carbonyl (C=O) groups is 2. The summed E-state index contributed by atoms with van der Waals surface area (Å²) in [6.07, 6.45) is 3.59. The minimum Gasteiger partial charge on any atom is -0.489 e. The van der Waals surface area contributed by atoms with Crippen molar-refractivity contribution in [2.24, 2.45) is 0 Å². The molecule has 37 heavy (non-hydrogen) atoms. The van der Waals surface area contributed by atoms with Gasteiger partial charge < -0.3 is 19.5 Å². The number of anilines is 1. The molecule has 0 bridgehead atoms. The number of halogens is 2. The van der Waals surface area contributed by atoms with Gasteiger partial charge in [0.1, 0.15) is 24.1 Å². The molecule has 2 aromatic carbocycles. The number of benzene rings is 2. The number of fused-ring (bicyclic) bond motifs is 1. The Morgan fingerprint density at radius 1 is 1.05 bits per heavy atom. The molecule has 0 aromatic heterocycles. The van der Waals surface area contributed by atoms with Crippen molar-refractivity contribution in [1.82, 2.24) is 4.90 Å². The predicted molar refractivity (Wildman–Crippen MR) is 133 cm³/mol. The van der Waals surface area contributed by atoms with Gasteiger partial charge in [-0.2, -0.15) is 8.78 Å². The summed E-state index contributed by atoms with van der Waals surface area (Å²) in [5, 5.41) is 9.62. The molecule has 3 aliphatic rings. The molecule has 0 radical (unpaired) electrons. The van der Waals surface area contributed by atoms with Crippen molar-refractivity contribution in [1.29, 1.82) is 0 Å². The third-order valence-corrected chi connectivity index (χ3v) is 7.55. The number of hydrogen-bond acceptors (Lipinski definition) is 5. The van der Waals surface area contributed by atoms with E-state index in [1.807, 2.05) is 36.9 Å². The van der Waals surface area contributed by atoms with Gasteiger partial charge in [-0.05, 0) is 73.4 Å². The van der Waals surface area contributed by atoms with Crippen LogP contribution in [-0.2, 0) is 22.6 Å². The van der Waals surface area contributed by atoms with Crippen molar-refractivity contribution >= 4 is 17.6 Å². The van der Waals surface area contributed by atoms with Gasteiger partial charge in [-0.15, -0.1) is 0 Å². The van der Waals surface area contributed by atoms with E-state index in [2.05, 4.69) is 0 Å². The number of amides is 1. The number of carboxylic acids is 1. The molecule has 1 aliphatic carbocycles. The molecule has 1 amide bonds. The van der Waals surface area contributed by atoms with E-state index in [1.165, 1.54) is 0 Å². The van der Waals surface area contributed by atoms with Crippen LogP contribution in [0.2, 0.25) is 0 Å². The number of carboxylic acid groups (broad SMARTS) is 1. The van der Waals surface area contributed by atoms with Crippen LogP contribution in [0.3, 0.4) is 0 Å². The van der Waals surface area contributed by atoms with E-state index in [-0.39, 0.29) is 30.2 Å². The van der Waals surface area contributed by atoms with Gasteiger partial charge in [-0.1, -0.05) is 26.0 Å². The Morgan fingerprint density at radius 2 is 1.81 bits per heavy atom. The number of rotatable bonds is 9. The third-order valence-electron chi connectivity index (χ3n) is 7.55. The van der Waals surface area contributed by atoms with Crippen LogP contribution in [0.5, 0.6) is 11.5 Å². The van der Waals surface area contributed by atoms with Crippen LogP contribution in [0.25, 0.3) is 0 Å². The van der Waals surface area contributed by atoms with Crippen LogP contribution in [0.1, 0.15) is 62.1 Å². The van der Waals surface area contributed by atoms with Gasteiger partial charge in [0, 0.05) is 23.8 Å². The van der Waals surface area contributed by atoms with Crippen LogP contribution in [0.15, 0.2) is 36.4 Å². The molecule has 9 heteroatoms. The number of hydrogen-bond donors (Lipinski definition) is 1. The summed E-state index contributed by atoms with van der Waals surface area (Å²) in [6.45, 7) is 1.64. The quantitative estimate of drug-likeness (QED) is 0.510. The fourth-order valence-electron chi connectivity index (χ4n) is 5.51. The number of likely N-dealkylation sites (tertiary alicyclic amines) is 1. The molecule has 2 heterocycles. The summed E-state index contributed by atoms with van der Waals surface area (Å²) < 4.78 is 36.6. The minimum atomic E-state index is -2.92. The van der Waals surface area contributed by atoms with Crippen LogP contribution < -0.4 is 14.4 Å². The van der Waals surface area contributed by atoms with Gasteiger partial charge in [0.05, 0.1) is 6.04 Å². The average molecular weight is 515 g/mol. The average Bonchev–Trinajstić information content (AvgIpc) is 3.45. The Balaban J connectivity index is 1.28. The third kappa shape index (κ3) is 5.28. The van der Waals surface area contributed by atoms with Gasteiger partial charge in [-0.3, -0.25) is 14.5 Å². The van der Waals surface area contributed by atoms with Crippen molar-refractivity contribution in [3.63, 3.8) is 0 Å². The Kier molecular flexibility index (Phi) is 7.07. The zero-order chi connectivity index (χ0) is 26.3. The molecular formula is C28H32F2N2O5. The number of alkyl halides is 2. The second kappa shape index (κ2) is 10.3. The zero-order valence-corrected chi connectivity index (χ0v) is 21.0. The first kappa shape index (κ1) is 25.4. The second-order valence-electron chi connectivity index (χ2n) is 10.3. The first-order valence-corrected chi connectivity index (χ1v) is 12.9. The van der Waals surface area contributed by atoms with E-state index < -0.39 is 24.7 Å². The van der Waals surface area contributed by atoms with E-state index in [0.717, 1.165) is 29.7 Å². The Morgan fingerprint density at radius 3 is 2.49 bits per heavy atom. The summed E-state index contributed by atoms with van der Waals surface area (Å²) in [5.41, 5.74) is 3.21. The van der Waals surface area contributed by atoms with Gasteiger partial charge >= 0.3 is 12.6 Å². The van der Waals surface area contributed by atoms with Crippen LogP contribution in [0, 0.1) is 0 Å². The lowest BCUT2D eigenvalue weighted by Gasteiger charge is -2.30. The molecule has 0 unspecified atom stereocenters. The SMILES string of the molecule is CC(C)c1ccc(COc2ccc3c(c2)CCN3C(=O)[C@@H]2CC[C@@H](C(=O)O)N2C2CC2)c(OC(F)F)c1. The first-order valence-electron chi connectivity index (χ1n) is 12.9. The lowest BCUT2D eigenvalue weighted by Crippen LogP contribution is -2.50. The van der Waals surface area contributed by atoms with Crippen LogP contribution in [-0.4, -0.2) is 53.2 Å². The highest BCUT2D eigenvalue weighted by molar-refractivity contribution is 5.99. The molecule has 1 saturated carbocycles. The van der Waals surface area contributed by atoms with E-state index in [4.69, 9.17) is 9.47 Å². The lowest BCUT2D eigenvalue weighted by atomic mass is 10.0. The van der Waals surface area contributed by atoms with Gasteiger partial charge in [0.15, 0.2) is 0 Å². The maximum Gasteiger partial charge on any atom is 0.387 e. The second-order valence-corrected chi connectivity index (χ2v) is 10.3. The predicted octanol–water partition coefficient (Wildman–Crippen LogP) is 4.96. The van der Waals surface area contributed by atoms with Crippen molar-refractivity contribution < 1.29 is 33.0 Å². The normalized spacial score (nSPS) is 21.5. The molecule has 7 nitrogen and oxygen atoms in total. The van der Waals surface area contributed by atoms with Crippen molar-refractivity contribution in [2.75, 3.05) is 11.4 Å². The molecule has 0 spiro atoms. The molecule has 1 saturated heterocycles. The summed E-state index contributed by atoms with van der Waals surface area (Å²) in [4.78, 5) is 28.9. The van der Waals surface area contributed by atoms with E-state index in [1.54, 1.807) is 23.1 Å². The summed E-state index contributed by atoms with van der Waals surface area (Å²) in [6, 6.07) is 9.95. The molecule has 2 atom stereocenters. The Hall–Kier alpha value is -3.20. The van der Waals surface area contributed by atoms with Gasteiger partial charge in [0.25, 0.3) is 0 Å². The number of ether oxygens (including phenoxy) is 2. The molecular weight excluding hydrogens is 482 g/mol. The fourth-order valence-corrected chi connectivity index (χ4v) is 5.51. The molecule has 1 N–H and O–H groups in total. The molecule has 2 aromatic rings. The fraction of sp³-hybridized carbons (Fsp3) is 0.500. The number of carbonyl (C=O) groups excluding carboxylic acids is 1. The lowest BCUT2D eigenvalue weighted by molar-refractivity contribution is -0.143. The minimum absolute atomic E-state index is 0.0397. The van der Waals surface area contributed by atoms with Crippen molar-refractivity contribution in [2.45, 2.75) is 83.2 Å². The number of aliphatic carboxylic acids is 1. The highest BCUT2D eigenvalue weighted by Crippen LogP contribution is 2.40. The van der Waals surface area contributed by atoms with Crippen molar-refractivity contribution in [3.8, 4) is 11.5 Å². The smallest absolute Gasteiger partial charge is 0.387 e. The van der Waals surface area contributed by atoms with E-state index in [9.17, 15) is 23.5 Å². The van der Waals surface area contributed by atoms with E-state index >= 15 is 0 Å². The zero-order valence-electron chi connectivity index (χ0n) is 21.0. The van der Waals surface area contributed by atoms with Crippen LogP contribution >= 0.6 is 0 Å². The van der Waals surface area contributed by atoms with Crippen molar-refractivity contribution in [3.05, 3.63) is 53.1 Å². The largest absolute Gasteiger partial charge is 0.489 e. The first-order chi connectivity index (χ1) is 17.7. The molecule has 2 aliphatic heterocycles. The monoisotopic (exact) mass is 514 g/mol. The Labute approximate surface area is 215 Å². The van der Waals surface area contributed by atoms with E-state index in [0.29, 0.717) is 37.1 Å². The maximum absolute atomic E-state index is 13.5. The molecule has 5 rings (SSSR count). The molecule has 2 fully saturated rings. The highest BCUT2D eigenvalue weighted by atomic mass is 19.3. The summed E-state index contributed by atoms with van der Waals surface area (Å²) in [5.74, 6) is -0.0344. The maximum atomic E-state index is 13.5. The van der Waals surface area contributed by atoms with Gasteiger partial charge in [0.2, 0.25) is 5.91 Å². The molecule has 198 valence electrons. The standard InChI is InChI=1S/C28H32F2N2O5/c1-16(2)17-3-4-19(25(14-17)37-28(29)30)15-36-21-7-8-22-18(13-21)11-12-31(22)26(33)23-9-10-24(27(34)35)32(23)20-5-6-20/h3-4,7-8,13-14,16,20,23-24,28H,5-6,9-12,15H2,1-2H3,(H,34,35)/t23-,24-/m0/s1. The summed E-state index contributed by atoms with van der Waals surface area (Å²) in [7, 11) is 0. The highest BCUT2D eigenvalue weighted by Gasteiger charge is 2.49. The Bertz CT molecular complexity index is 1180. The topological polar surface area (TPSA) is 79.3 Å².